The molecule has 1 heterocycles. The van der Waals surface area contributed by atoms with E-state index in [-0.39, 0.29) is 17.6 Å². The van der Waals surface area contributed by atoms with Gasteiger partial charge in [0.15, 0.2) is 0 Å². The van der Waals surface area contributed by atoms with Crippen molar-refractivity contribution in [3.8, 4) is 0 Å². The molecule has 0 atom stereocenters. The minimum atomic E-state index is -0.477. The molecule has 1 amide bonds. The molecule has 0 aliphatic heterocycles. The monoisotopic (exact) mass is 402 g/mol. The average Bonchev–Trinajstić information content (AvgIpc) is 2.76. The van der Waals surface area contributed by atoms with Crippen LogP contribution in [-0.4, -0.2) is 10.5 Å². The van der Waals surface area contributed by atoms with E-state index in [1.165, 1.54) is 6.07 Å². The third-order valence-corrected chi connectivity index (χ3v) is 3.90. The number of anilines is 1. The van der Waals surface area contributed by atoms with Crippen molar-refractivity contribution in [1.29, 1.82) is 0 Å². The lowest BCUT2D eigenvalue weighted by Gasteiger charge is -2.13. The SMILES string of the molecule is CC(C)n1cc(Br)cc1C(=O)Nc1c(F)cccc1Br. The summed E-state index contributed by atoms with van der Waals surface area (Å²) in [7, 11) is 0. The molecule has 1 aromatic carbocycles. The van der Waals surface area contributed by atoms with Gasteiger partial charge >= 0.3 is 0 Å². The van der Waals surface area contributed by atoms with E-state index in [0.29, 0.717) is 10.2 Å². The van der Waals surface area contributed by atoms with E-state index in [4.69, 9.17) is 0 Å². The van der Waals surface area contributed by atoms with Crippen molar-refractivity contribution in [3.05, 3.63) is 50.9 Å². The van der Waals surface area contributed by atoms with Gasteiger partial charge in [0.05, 0.1) is 5.69 Å². The van der Waals surface area contributed by atoms with E-state index in [2.05, 4.69) is 37.2 Å². The molecule has 20 heavy (non-hydrogen) atoms. The molecule has 0 fully saturated rings. The Kier molecular flexibility index (Phi) is 4.65. The molecule has 0 aliphatic rings. The van der Waals surface area contributed by atoms with Crippen molar-refractivity contribution in [2.45, 2.75) is 19.9 Å². The summed E-state index contributed by atoms with van der Waals surface area (Å²) in [6, 6.07) is 6.39. The van der Waals surface area contributed by atoms with E-state index >= 15 is 0 Å². The lowest BCUT2D eigenvalue weighted by atomic mass is 10.3. The Morgan fingerprint density at radius 3 is 2.65 bits per heavy atom. The molecule has 0 saturated carbocycles. The van der Waals surface area contributed by atoms with Crippen LogP contribution in [-0.2, 0) is 0 Å². The van der Waals surface area contributed by atoms with Crippen LogP contribution in [0.4, 0.5) is 10.1 Å². The van der Waals surface area contributed by atoms with E-state index in [1.807, 2.05) is 24.6 Å². The van der Waals surface area contributed by atoms with Crippen LogP contribution in [0.2, 0.25) is 0 Å². The van der Waals surface area contributed by atoms with Gasteiger partial charge in [-0.15, -0.1) is 0 Å². The highest BCUT2D eigenvalue weighted by Crippen LogP contribution is 2.27. The fourth-order valence-electron chi connectivity index (χ4n) is 1.85. The van der Waals surface area contributed by atoms with Crippen LogP contribution < -0.4 is 5.32 Å². The Hall–Kier alpha value is -1.14. The van der Waals surface area contributed by atoms with Crippen LogP contribution in [0, 0.1) is 5.82 Å². The average molecular weight is 404 g/mol. The number of amides is 1. The molecule has 2 aromatic rings. The van der Waals surface area contributed by atoms with Crippen molar-refractivity contribution < 1.29 is 9.18 Å². The molecule has 1 aromatic heterocycles. The molecule has 0 aliphatic carbocycles. The molecule has 1 N–H and O–H groups in total. The molecule has 3 nitrogen and oxygen atoms in total. The maximum Gasteiger partial charge on any atom is 0.272 e. The summed E-state index contributed by atoms with van der Waals surface area (Å²) in [6.45, 7) is 3.95. The van der Waals surface area contributed by atoms with Gasteiger partial charge in [-0.1, -0.05) is 6.07 Å². The fraction of sp³-hybridized carbons (Fsp3) is 0.214. The number of benzene rings is 1. The number of para-hydroxylation sites is 1. The molecule has 6 heteroatoms. The Morgan fingerprint density at radius 1 is 1.35 bits per heavy atom. The highest BCUT2D eigenvalue weighted by Gasteiger charge is 2.17. The summed E-state index contributed by atoms with van der Waals surface area (Å²) >= 11 is 6.58. The van der Waals surface area contributed by atoms with Gasteiger partial charge in [0, 0.05) is 21.2 Å². The van der Waals surface area contributed by atoms with Gasteiger partial charge in [-0.05, 0) is 63.9 Å². The molecule has 106 valence electrons. The largest absolute Gasteiger partial charge is 0.340 e. The van der Waals surface area contributed by atoms with Crippen LogP contribution in [0.1, 0.15) is 30.4 Å². The van der Waals surface area contributed by atoms with Gasteiger partial charge in [0.25, 0.3) is 5.91 Å². The van der Waals surface area contributed by atoms with E-state index < -0.39 is 5.82 Å². The number of carbonyl (C=O) groups excluding carboxylic acids is 1. The number of nitrogens with zero attached hydrogens (tertiary/aromatic N) is 1. The van der Waals surface area contributed by atoms with Crippen molar-refractivity contribution in [3.63, 3.8) is 0 Å². The summed E-state index contributed by atoms with van der Waals surface area (Å²) in [4.78, 5) is 12.3. The zero-order valence-electron chi connectivity index (χ0n) is 11.0. The van der Waals surface area contributed by atoms with Gasteiger partial charge in [-0.25, -0.2) is 4.39 Å². The lowest BCUT2D eigenvalue weighted by molar-refractivity contribution is 0.101. The molecule has 2 rings (SSSR count). The minimum absolute atomic E-state index is 0.131. The molecule has 0 unspecified atom stereocenters. The van der Waals surface area contributed by atoms with Gasteiger partial charge in [-0.2, -0.15) is 0 Å². The van der Waals surface area contributed by atoms with Crippen molar-refractivity contribution in [2.75, 3.05) is 5.32 Å². The molecule has 0 saturated heterocycles. The third kappa shape index (κ3) is 3.12. The standard InChI is InChI=1S/C14H13Br2FN2O/c1-8(2)19-7-9(15)6-12(19)14(20)18-13-10(16)4-3-5-11(13)17/h3-8H,1-2H3,(H,18,20). The predicted octanol–water partition coefficient (Wildman–Crippen LogP) is 4.99. The molecular formula is C14H13Br2FN2O. The van der Waals surface area contributed by atoms with Gasteiger partial charge in [0.2, 0.25) is 0 Å². The Morgan fingerprint density at radius 2 is 2.05 bits per heavy atom. The molecular weight excluding hydrogens is 391 g/mol. The fourth-order valence-corrected chi connectivity index (χ4v) is 2.73. The number of rotatable bonds is 3. The molecule has 0 radical (unpaired) electrons. The first-order valence-corrected chi connectivity index (χ1v) is 7.61. The zero-order valence-corrected chi connectivity index (χ0v) is 14.1. The van der Waals surface area contributed by atoms with Crippen LogP contribution >= 0.6 is 31.9 Å². The summed E-state index contributed by atoms with van der Waals surface area (Å²) < 4.78 is 16.9. The second-order valence-electron chi connectivity index (χ2n) is 4.60. The first kappa shape index (κ1) is 15.3. The van der Waals surface area contributed by atoms with Crippen LogP contribution in [0.15, 0.2) is 39.4 Å². The van der Waals surface area contributed by atoms with Crippen LogP contribution in [0.25, 0.3) is 0 Å². The number of carbonyl (C=O) groups is 1. The summed E-state index contributed by atoms with van der Waals surface area (Å²) in [6.07, 6.45) is 1.83. The van der Waals surface area contributed by atoms with E-state index in [0.717, 1.165) is 4.47 Å². The summed E-state index contributed by atoms with van der Waals surface area (Å²) in [5, 5.41) is 2.60. The van der Waals surface area contributed by atoms with Crippen LogP contribution in [0.5, 0.6) is 0 Å². The van der Waals surface area contributed by atoms with Gasteiger partial charge < -0.3 is 9.88 Å². The lowest BCUT2D eigenvalue weighted by Crippen LogP contribution is -2.18. The van der Waals surface area contributed by atoms with Crippen molar-refractivity contribution >= 4 is 43.5 Å². The minimum Gasteiger partial charge on any atom is -0.340 e. The predicted molar refractivity (Wildman–Crippen MR) is 84.6 cm³/mol. The van der Waals surface area contributed by atoms with Crippen molar-refractivity contribution in [1.82, 2.24) is 4.57 Å². The van der Waals surface area contributed by atoms with Gasteiger partial charge in [-0.3, -0.25) is 4.79 Å². The number of hydrogen-bond acceptors (Lipinski definition) is 1. The maximum absolute atomic E-state index is 13.7. The number of nitrogens with one attached hydrogen (secondary N) is 1. The Bertz CT molecular complexity index is 632. The quantitative estimate of drug-likeness (QED) is 0.769. The third-order valence-electron chi connectivity index (χ3n) is 2.81. The topological polar surface area (TPSA) is 34.0 Å². The molecule has 0 spiro atoms. The highest BCUT2D eigenvalue weighted by atomic mass is 79.9. The summed E-state index contributed by atoms with van der Waals surface area (Å²) in [5.74, 6) is -0.829. The van der Waals surface area contributed by atoms with E-state index in [9.17, 15) is 9.18 Å². The summed E-state index contributed by atoms with van der Waals surface area (Å²) in [5.41, 5.74) is 0.618. The smallest absolute Gasteiger partial charge is 0.272 e. The highest BCUT2D eigenvalue weighted by molar-refractivity contribution is 9.10. The first-order valence-electron chi connectivity index (χ1n) is 6.03. The van der Waals surface area contributed by atoms with Crippen molar-refractivity contribution in [2.24, 2.45) is 0 Å². The number of aromatic nitrogens is 1. The second kappa shape index (κ2) is 6.10. The van der Waals surface area contributed by atoms with E-state index in [1.54, 1.807) is 18.2 Å². The van der Waals surface area contributed by atoms with Crippen LogP contribution in [0.3, 0.4) is 0 Å². The first-order chi connectivity index (χ1) is 9.40. The Balaban J connectivity index is 2.34. The molecule has 0 bridgehead atoms. The zero-order chi connectivity index (χ0) is 14.9. The Labute approximate surface area is 133 Å². The number of halogens is 3. The second-order valence-corrected chi connectivity index (χ2v) is 6.37. The maximum atomic E-state index is 13.7. The van der Waals surface area contributed by atoms with Gasteiger partial charge in [0.1, 0.15) is 11.5 Å². The number of hydrogen-bond donors (Lipinski definition) is 1. The normalized spacial score (nSPS) is 10.9.